The molecule has 0 unspecified atom stereocenters. The number of nitrogens with one attached hydrogen (secondary N) is 1. The van der Waals surface area contributed by atoms with E-state index in [0.717, 1.165) is 6.54 Å². The van der Waals surface area contributed by atoms with Gasteiger partial charge in [0.15, 0.2) is 0 Å². The van der Waals surface area contributed by atoms with Crippen molar-refractivity contribution in [2.45, 2.75) is 6.92 Å². The number of rotatable bonds is 5. The molecule has 0 saturated heterocycles. The summed E-state index contributed by atoms with van der Waals surface area (Å²) in [6, 6.07) is 0. The van der Waals surface area contributed by atoms with Crippen LogP contribution in [0.3, 0.4) is 0 Å². The third-order valence-corrected chi connectivity index (χ3v) is 1.99. The summed E-state index contributed by atoms with van der Waals surface area (Å²) in [7, 11) is 0. The molecule has 6 heteroatoms. The molecule has 0 aliphatic carbocycles. The molecule has 0 spiro atoms. The zero-order valence-electron chi connectivity index (χ0n) is 8.64. The minimum Gasteiger partial charge on any atom is -0.395 e. The first-order valence-corrected chi connectivity index (χ1v) is 4.71. The smallest absolute Gasteiger partial charge is 0.147 e. The van der Waals surface area contributed by atoms with Crippen molar-refractivity contribution >= 4 is 11.7 Å². The van der Waals surface area contributed by atoms with E-state index < -0.39 is 0 Å². The first-order valence-electron chi connectivity index (χ1n) is 4.71. The van der Waals surface area contributed by atoms with Crippen molar-refractivity contribution < 1.29 is 5.11 Å². The number of hydrogen-bond donors (Lipinski definition) is 3. The largest absolute Gasteiger partial charge is 0.395 e. The van der Waals surface area contributed by atoms with E-state index in [0.29, 0.717) is 18.1 Å². The SMILES string of the molecule is CCN(CCO)c1cnc(C(=N)N)cn1. The quantitative estimate of drug-likeness (QED) is 0.452. The number of likely N-dealkylation sites (N-methyl/N-ethyl adjacent to an activating group) is 1. The van der Waals surface area contributed by atoms with Gasteiger partial charge in [-0.05, 0) is 6.92 Å². The van der Waals surface area contributed by atoms with Crippen LogP contribution in [0.15, 0.2) is 12.4 Å². The zero-order valence-corrected chi connectivity index (χ0v) is 8.64. The Bertz CT molecular complexity index is 324. The minimum atomic E-state index is -0.0979. The maximum absolute atomic E-state index is 8.83. The van der Waals surface area contributed by atoms with E-state index in [2.05, 4.69) is 9.97 Å². The normalized spacial score (nSPS) is 10.0. The van der Waals surface area contributed by atoms with Crippen LogP contribution in [-0.2, 0) is 0 Å². The standard InChI is InChI=1S/C9H15N5O/c1-2-14(3-4-15)8-6-12-7(5-13-8)9(10)11/h5-6,15H,2-4H2,1H3,(H3,10,11). The predicted molar refractivity (Wildman–Crippen MR) is 58.0 cm³/mol. The van der Waals surface area contributed by atoms with E-state index in [1.807, 2.05) is 11.8 Å². The topological polar surface area (TPSA) is 99.1 Å². The lowest BCUT2D eigenvalue weighted by atomic mass is 10.4. The second kappa shape index (κ2) is 5.26. The fraction of sp³-hybridized carbons (Fsp3) is 0.444. The Morgan fingerprint density at radius 3 is 2.67 bits per heavy atom. The third kappa shape index (κ3) is 2.88. The van der Waals surface area contributed by atoms with Gasteiger partial charge in [0, 0.05) is 13.1 Å². The van der Waals surface area contributed by atoms with Crippen LogP contribution in [0.4, 0.5) is 5.82 Å². The Kier molecular flexibility index (Phi) is 3.99. The summed E-state index contributed by atoms with van der Waals surface area (Å²) in [5.41, 5.74) is 5.62. The first kappa shape index (κ1) is 11.4. The van der Waals surface area contributed by atoms with Crippen LogP contribution >= 0.6 is 0 Å². The molecule has 0 aliphatic heterocycles. The van der Waals surface area contributed by atoms with Gasteiger partial charge in [0.2, 0.25) is 0 Å². The molecule has 0 amide bonds. The van der Waals surface area contributed by atoms with Gasteiger partial charge in [-0.3, -0.25) is 5.41 Å². The summed E-state index contributed by atoms with van der Waals surface area (Å²) < 4.78 is 0. The molecule has 1 rings (SSSR count). The fourth-order valence-corrected chi connectivity index (χ4v) is 1.18. The van der Waals surface area contributed by atoms with E-state index >= 15 is 0 Å². The van der Waals surface area contributed by atoms with E-state index in [-0.39, 0.29) is 12.4 Å². The van der Waals surface area contributed by atoms with Crippen molar-refractivity contribution in [3.63, 3.8) is 0 Å². The van der Waals surface area contributed by atoms with Gasteiger partial charge < -0.3 is 15.7 Å². The number of anilines is 1. The summed E-state index contributed by atoms with van der Waals surface area (Å²) >= 11 is 0. The third-order valence-electron chi connectivity index (χ3n) is 1.99. The van der Waals surface area contributed by atoms with Gasteiger partial charge >= 0.3 is 0 Å². The number of aliphatic hydroxyl groups is 1. The van der Waals surface area contributed by atoms with Crippen LogP contribution in [0.5, 0.6) is 0 Å². The molecule has 0 aromatic carbocycles. The van der Waals surface area contributed by atoms with Crippen molar-refractivity contribution in [2.24, 2.45) is 5.73 Å². The lowest BCUT2D eigenvalue weighted by molar-refractivity contribution is 0.302. The lowest BCUT2D eigenvalue weighted by Crippen LogP contribution is -2.27. The maximum Gasteiger partial charge on any atom is 0.147 e. The summed E-state index contributed by atoms with van der Waals surface area (Å²) in [6.07, 6.45) is 3.01. The van der Waals surface area contributed by atoms with Crippen molar-refractivity contribution in [3.05, 3.63) is 18.1 Å². The van der Waals surface area contributed by atoms with Gasteiger partial charge in [-0.2, -0.15) is 0 Å². The van der Waals surface area contributed by atoms with Gasteiger partial charge in [-0.1, -0.05) is 0 Å². The van der Waals surface area contributed by atoms with Crippen molar-refractivity contribution in [3.8, 4) is 0 Å². The van der Waals surface area contributed by atoms with Crippen LogP contribution in [0, 0.1) is 5.41 Å². The van der Waals surface area contributed by atoms with E-state index in [1.54, 1.807) is 6.20 Å². The summed E-state index contributed by atoms with van der Waals surface area (Å²) in [6.45, 7) is 3.31. The molecule has 1 aromatic rings. The van der Waals surface area contributed by atoms with Crippen molar-refractivity contribution in [1.29, 1.82) is 5.41 Å². The van der Waals surface area contributed by atoms with E-state index in [4.69, 9.17) is 16.2 Å². The van der Waals surface area contributed by atoms with Gasteiger partial charge in [0.1, 0.15) is 17.3 Å². The Labute approximate surface area is 88.3 Å². The number of hydrogen-bond acceptors (Lipinski definition) is 5. The second-order valence-electron chi connectivity index (χ2n) is 2.98. The number of aromatic nitrogens is 2. The van der Waals surface area contributed by atoms with Crippen LogP contribution in [-0.4, -0.2) is 40.6 Å². The molecule has 82 valence electrons. The Hall–Kier alpha value is -1.69. The molecule has 1 aromatic heterocycles. The van der Waals surface area contributed by atoms with Gasteiger partial charge in [0.25, 0.3) is 0 Å². The lowest BCUT2D eigenvalue weighted by Gasteiger charge is -2.20. The molecule has 0 radical (unpaired) electrons. The summed E-state index contributed by atoms with van der Waals surface area (Å²) in [5, 5.41) is 16.0. The minimum absolute atomic E-state index is 0.0734. The molecular weight excluding hydrogens is 194 g/mol. The molecule has 0 aliphatic rings. The Morgan fingerprint density at radius 2 is 2.27 bits per heavy atom. The molecule has 1 heterocycles. The van der Waals surface area contributed by atoms with Crippen LogP contribution in [0.25, 0.3) is 0 Å². The van der Waals surface area contributed by atoms with Crippen molar-refractivity contribution in [1.82, 2.24) is 9.97 Å². The van der Waals surface area contributed by atoms with Crippen LogP contribution < -0.4 is 10.6 Å². The molecule has 15 heavy (non-hydrogen) atoms. The van der Waals surface area contributed by atoms with E-state index in [1.165, 1.54) is 6.20 Å². The van der Waals surface area contributed by atoms with Gasteiger partial charge in [-0.25, -0.2) is 9.97 Å². The average molecular weight is 209 g/mol. The molecule has 6 nitrogen and oxygen atoms in total. The van der Waals surface area contributed by atoms with Crippen LogP contribution in [0.1, 0.15) is 12.6 Å². The average Bonchev–Trinajstić information content (AvgIpc) is 2.26. The molecule has 0 bridgehead atoms. The number of nitrogens with two attached hydrogens (primary N) is 1. The maximum atomic E-state index is 8.83. The Balaban J connectivity index is 2.81. The number of amidine groups is 1. The first-order chi connectivity index (χ1) is 7.19. The molecule has 0 fully saturated rings. The molecule has 0 atom stereocenters. The second-order valence-corrected chi connectivity index (χ2v) is 2.98. The summed E-state index contributed by atoms with van der Waals surface area (Å²) in [4.78, 5) is 10.0. The number of nitrogen functional groups attached to an aromatic ring is 1. The number of nitrogens with zero attached hydrogens (tertiary/aromatic N) is 3. The van der Waals surface area contributed by atoms with Crippen LogP contribution in [0.2, 0.25) is 0 Å². The highest BCUT2D eigenvalue weighted by atomic mass is 16.3. The number of aliphatic hydroxyl groups excluding tert-OH is 1. The highest BCUT2D eigenvalue weighted by Crippen LogP contribution is 2.07. The van der Waals surface area contributed by atoms with Gasteiger partial charge in [-0.15, -0.1) is 0 Å². The highest BCUT2D eigenvalue weighted by Gasteiger charge is 2.06. The highest BCUT2D eigenvalue weighted by molar-refractivity contribution is 5.92. The molecule has 0 saturated carbocycles. The zero-order chi connectivity index (χ0) is 11.3. The van der Waals surface area contributed by atoms with Gasteiger partial charge in [0.05, 0.1) is 19.0 Å². The van der Waals surface area contributed by atoms with E-state index in [9.17, 15) is 0 Å². The summed E-state index contributed by atoms with van der Waals surface area (Å²) in [5.74, 6) is 0.579. The monoisotopic (exact) mass is 209 g/mol. The Morgan fingerprint density at radius 1 is 1.53 bits per heavy atom. The predicted octanol–water partition coefficient (Wildman–Crippen LogP) is -0.421. The van der Waals surface area contributed by atoms with Crippen molar-refractivity contribution in [2.75, 3.05) is 24.6 Å². The molecular formula is C9H15N5O. The fourth-order valence-electron chi connectivity index (χ4n) is 1.18. The molecule has 4 N–H and O–H groups in total.